The number of carbonyl (C=O) groups is 4. The van der Waals surface area contributed by atoms with E-state index in [1.165, 1.54) is 19.3 Å². The highest BCUT2D eigenvalue weighted by Gasteiger charge is 2.30. The molecule has 1 heterocycles. The summed E-state index contributed by atoms with van der Waals surface area (Å²) in [7, 11) is 0. The maximum Gasteiger partial charge on any atom is 0.249 e. The Bertz CT molecular complexity index is 519. The average molecular weight is 365 g/mol. The number of amides is 4. The molecule has 0 aliphatic carbocycles. The van der Waals surface area contributed by atoms with Gasteiger partial charge in [0.15, 0.2) is 0 Å². The Morgan fingerprint density at radius 1 is 1.23 bits per heavy atom. The van der Waals surface area contributed by atoms with Crippen LogP contribution in [0.2, 0.25) is 0 Å². The number of hydrogen-bond acceptors (Lipinski definition) is 4. The highest BCUT2D eigenvalue weighted by atomic mass is 16.2. The molecule has 0 aromatic heterocycles. The first kappa shape index (κ1) is 21.9. The molecule has 1 saturated heterocycles. The number of imide groups is 1. The van der Waals surface area contributed by atoms with Crippen molar-refractivity contribution in [3.05, 3.63) is 12.7 Å². The summed E-state index contributed by atoms with van der Waals surface area (Å²) >= 11 is 0. The molecule has 7 heteroatoms. The minimum Gasteiger partial charge on any atom is -0.344 e. The fourth-order valence-electron chi connectivity index (χ4n) is 2.83. The van der Waals surface area contributed by atoms with Crippen LogP contribution >= 0.6 is 0 Å². The van der Waals surface area contributed by atoms with Gasteiger partial charge in [-0.05, 0) is 19.3 Å². The van der Waals surface area contributed by atoms with Crippen LogP contribution in [-0.2, 0) is 19.2 Å². The zero-order valence-corrected chi connectivity index (χ0v) is 15.6. The number of carbonyl (C=O) groups excluding carboxylic acids is 4. The van der Waals surface area contributed by atoms with Gasteiger partial charge in [0.05, 0.1) is 0 Å². The van der Waals surface area contributed by atoms with Crippen molar-refractivity contribution in [3.63, 3.8) is 0 Å². The standard InChI is InChI=1S/C19H31N3O4/c1-3-5-6-7-8-9-11-16(23)20-14(10-4-2)18(25)21-15-12-13-17(24)22-19(15)26/h4,14-15H,2-3,5-13H2,1H3,(H,20,23)(H,21,25)(H,22,24,26)/t14-,15?/m0/s1. The van der Waals surface area contributed by atoms with Crippen LogP contribution in [0.4, 0.5) is 0 Å². The van der Waals surface area contributed by atoms with Crippen LogP contribution < -0.4 is 16.0 Å². The van der Waals surface area contributed by atoms with Crippen LogP contribution in [0, 0.1) is 0 Å². The molecule has 0 aromatic rings. The third kappa shape index (κ3) is 8.27. The average Bonchev–Trinajstić information content (AvgIpc) is 2.60. The number of piperidine rings is 1. The molecule has 1 rings (SSSR count). The third-order valence-electron chi connectivity index (χ3n) is 4.37. The molecule has 1 aliphatic rings. The van der Waals surface area contributed by atoms with Gasteiger partial charge in [-0.25, -0.2) is 0 Å². The maximum absolute atomic E-state index is 12.4. The van der Waals surface area contributed by atoms with E-state index in [0.717, 1.165) is 19.3 Å². The summed E-state index contributed by atoms with van der Waals surface area (Å²) in [5.74, 6) is -1.46. The van der Waals surface area contributed by atoms with E-state index in [-0.39, 0.29) is 31.1 Å². The van der Waals surface area contributed by atoms with Gasteiger partial charge in [-0.15, -0.1) is 6.58 Å². The van der Waals surface area contributed by atoms with Gasteiger partial charge in [-0.2, -0.15) is 0 Å². The van der Waals surface area contributed by atoms with Gasteiger partial charge in [0.1, 0.15) is 12.1 Å². The molecular weight excluding hydrogens is 334 g/mol. The Kier molecular flexibility index (Phi) is 10.3. The van der Waals surface area contributed by atoms with Crippen LogP contribution in [0.1, 0.15) is 71.1 Å². The predicted molar refractivity (Wildman–Crippen MR) is 99.1 cm³/mol. The molecule has 0 radical (unpaired) electrons. The molecule has 1 aliphatic heterocycles. The van der Waals surface area contributed by atoms with E-state index in [4.69, 9.17) is 0 Å². The van der Waals surface area contributed by atoms with Gasteiger partial charge in [0, 0.05) is 12.8 Å². The molecule has 0 saturated carbocycles. The van der Waals surface area contributed by atoms with E-state index in [9.17, 15) is 19.2 Å². The van der Waals surface area contributed by atoms with Gasteiger partial charge in [0.25, 0.3) is 0 Å². The van der Waals surface area contributed by atoms with E-state index in [1.54, 1.807) is 6.08 Å². The highest BCUT2D eigenvalue weighted by Crippen LogP contribution is 2.08. The molecule has 26 heavy (non-hydrogen) atoms. The second-order valence-electron chi connectivity index (χ2n) is 6.67. The van der Waals surface area contributed by atoms with Gasteiger partial charge >= 0.3 is 0 Å². The van der Waals surface area contributed by atoms with Crippen LogP contribution in [0.25, 0.3) is 0 Å². The van der Waals surface area contributed by atoms with E-state index in [0.29, 0.717) is 6.42 Å². The summed E-state index contributed by atoms with van der Waals surface area (Å²) in [6.07, 6.45) is 9.18. The van der Waals surface area contributed by atoms with Gasteiger partial charge in [-0.3, -0.25) is 24.5 Å². The fraction of sp³-hybridized carbons (Fsp3) is 0.684. The lowest BCUT2D eigenvalue weighted by atomic mass is 10.0. The predicted octanol–water partition coefficient (Wildman–Crippen LogP) is 1.72. The maximum atomic E-state index is 12.4. The monoisotopic (exact) mass is 365 g/mol. The van der Waals surface area contributed by atoms with Crippen molar-refractivity contribution >= 4 is 23.6 Å². The Morgan fingerprint density at radius 3 is 2.58 bits per heavy atom. The summed E-state index contributed by atoms with van der Waals surface area (Å²) in [6.45, 7) is 5.77. The number of hydrogen-bond donors (Lipinski definition) is 3. The summed E-state index contributed by atoms with van der Waals surface area (Å²) in [6, 6.07) is -1.51. The van der Waals surface area contributed by atoms with E-state index in [1.807, 2.05) is 0 Å². The molecule has 1 unspecified atom stereocenters. The second-order valence-corrected chi connectivity index (χ2v) is 6.67. The first-order valence-electron chi connectivity index (χ1n) is 9.52. The lowest BCUT2D eigenvalue weighted by Crippen LogP contribution is -2.56. The highest BCUT2D eigenvalue weighted by molar-refractivity contribution is 6.02. The van der Waals surface area contributed by atoms with Crippen LogP contribution in [0.5, 0.6) is 0 Å². The van der Waals surface area contributed by atoms with Gasteiger partial charge < -0.3 is 10.6 Å². The van der Waals surface area contributed by atoms with E-state index < -0.39 is 23.9 Å². The summed E-state index contributed by atoms with van der Waals surface area (Å²) in [5.41, 5.74) is 0. The minimum atomic E-state index is -0.759. The molecule has 0 bridgehead atoms. The molecule has 7 nitrogen and oxygen atoms in total. The smallest absolute Gasteiger partial charge is 0.249 e. The quantitative estimate of drug-likeness (QED) is 0.278. The molecule has 0 aromatic carbocycles. The van der Waals surface area contributed by atoms with Crippen molar-refractivity contribution in [1.82, 2.24) is 16.0 Å². The zero-order chi connectivity index (χ0) is 19.4. The van der Waals surface area contributed by atoms with Crippen molar-refractivity contribution in [2.24, 2.45) is 0 Å². The zero-order valence-electron chi connectivity index (χ0n) is 15.6. The number of unbranched alkanes of at least 4 members (excludes halogenated alkanes) is 5. The molecule has 1 fully saturated rings. The van der Waals surface area contributed by atoms with Crippen molar-refractivity contribution in [3.8, 4) is 0 Å². The summed E-state index contributed by atoms with van der Waals surface area (Å²) in [5, 5.41) is 7.51. The molecule has 2 atom stereocenters. The van der Waals surface area contributed by atoms with Crippen molar-refractivity contribution in [2.45, 2.75) is 83.2 Å². The Labute approximate surface area is 155 Å². The SMILES string of the molecule is C=CC[C@H](NC(=O)CCCCCCCC)C(=O)NC1CCC(=O)NC1=O. The normalized spacial score (nSPS) is 18.0. The number of nitrogens with one attached hydrogen (secondary N) is 3. The molecule has 0 spiro atoms. The van der Waals surface area contributed by atoms with Crippen molar-refractivity contribution in [2.75, 3.05) is 0 Å². The topological polar surface area (TPSA) is 104 Å². The van der Waals surface area contributed by atoms with Crippen LogP contribution in [-0.4, -0.2) is 35.7 Å². The Balaban J connectivity index is 2.40. The third-order valence-corrected chi connectivity index (χ3v) is 4.37. The molecule has 146 valence electrons. The summed E-state index contributed by atoms with van der Waals surface area (Å²) in [4.78, 5) is 47.3. The fourth-order valence-corrected chi connectivity index (χ4v) is 2.83. The van der Waals surface area contributed by atoms with Gasteiger partial charge in [-0.1, -0.05) is 45.1 Å². The molecular formula is C19H31N3O4. The molecule has 4 amide bonds. The molecule has 3 N–H and O–H groups in total. The number of rotatable bonds is 12. The Morgan fingerprint density at radius 2 is 1.92 bits per heavy atom. The van der Waals surface area contributed by atoms with Crippen molar-refractivity contribution in [1.29, 1.82) is 0 Å². The van der Waals surface area contributed by atoms with Crippen LogP contribution in [0.3, 0.4) is 0 Å². The first-order valence-corrected chi connectivity index (χ1v) is 9.52. The summed E-state index contributed by atoms with van der Waals surface area (Å²) < 4.78 is 0. The van der Waals surface area contributed by atoms with E-state index >= 15 is 0 Å². The van der Waals surface area contributed by atoms with Gasteiger partial charge in [0.2, 0.25) is 23.6 Å². The lowest BCUT2D eigenvalue weighted by Gasteiger charge is -2.24. The minimum absolute atomic E-state index is 0.175. The first-order chi connectivity index (χ1) is 12.5. The largest absolute Gasteiger partial charge is 0.344 e. The van der Waals surface area contributed by atoms with E-state index in [2.05, 4.69) is 29.5 Å². The second kappa shape index (κ2) is 12.2. The van der Waals surface area contributed by atoms with Crippen molar-refractivity contribution < 1.29 is 19.2 Å². The Hall–Kier alpha value is -2.18. The lowest BCUT2D eigenvalue weighted by molar-refractivity contribution is -0.137. The van der Waals surface area contributed by atoms with Crippen LogP contribution in [0.15, 0.2) is 12.7 Å².